The number of nitrogens with zero attached hydrogens (tertiary/aromatic N) is 2. The minimum absolute atomic E-state index is 0.150. The minimum Gasteiger partial charge on any atom is -0.507 e. The molecular formula is C18H16BrN5O+2. The number of phenols is 1. The molecule has 7 heteroatoms. The molecule has 0 aliphatic heterocycles. The number of phenolic OH excluding ortho intramolecular Hbond substituents is 1. The van der Waals surface area contributed by atoms with Crippen molar-refractivity contribution in [3.63, 3.8) is 0 Å². The van der Waals surface area contributed by atoms with Crippen LogP contribution in [-0.2, 0) is 0 Å². The lowest BCUT2D eigenvalue weighted by atomic mass is 10.2. The number of amidine groups is 1. The van der Waals surface area contributed by atoms with Gasteiger partial charge in [-0.2, -0.15) is 4.99 Å². The SMILES string of the molecule is Oc1ccc(Br)cc1/C=N/NC(=[NH+]c1cccc[nH+]1)c1ccccn1. The Kier molecular flexibility index (Phi) is 5.48. The maximum absolute atomic E-state index is 9.87. The van der Waals surface area contributed by atoms with Crippen molar-refractivity contribution in [1.29, 1.82) is 0 Å². The molecule has 0 radical (unpaired) electrons. The van der Waals surface area contributed by atoms with Crippen LogP contribution >= 0.6 is 15.9 Å². The van der Waals surface area contributed by atoms with Crippen molar-refractivity contribution in [2.45, 2.75) is 0 Å². The van der Waals surface area contributed by atoms with Crippen LogP contribution in [0.15, 0.2) is 76.6 Å². The molecule has 0 aliphatic carbocycles. The quantitative estimate of drug-likeness (QED) is 0.350. The average molecular weight is 398 g/mol. The fourth-order valence-electron chi connectivity index (χ4n) is 2.06. The number of rotatable bonds is 4. The summed E-state index contributed by atoms with van der Waals surface area (Å²) in [5.74, 6) is 1.54. The number of aromatic amines is 1. The van der Waals surface area contributed by atoms with E-state index in [1.165, 1.54) is 0 Å². The number of pyridine rings is 2. The van der Waals surface area contributed by atoms with Gasteiger partial charge in [-0.1, -0.05) is 27.1 Å². The van der Waals surface area contributed by atoms with Gasteiger partial charge in [-0.05, 0) is 42.5 Å². The first-order chi connectivity index (χ1) is 12.2. The van der Waals surface area contributed by atoms with Gasteiger partial charge in [0.25, 0.3) is 0 Å². The minimum atomic E-state index is 0.150. The molecule has 0 spiro atoms. The highest BCUT2D eigenvalue weighted by atomic mass is 79.9. The van der Waals surface area contributed by atoms with Crippen LogP contribution in [0.25, 0.3) is 0 Å². The van der Waals surface area contributed by atoms with Gasteiger partial charge in [0, 0.05) is 22.3 Å². The Hall–Kier alpha value is -3.06. The topological polar surface area (TPSA) is 85.6 Å². The van der Waals surface area contributed by atoms with E-state index in [4.69, 9.17) is 0 Å². The molecule has 0 saturated heterocycles. The summed E-state index contributed by atoms with van der Waals surface area (Å²) >= 11 is 3.37. The van der Waals surface area contributed by atoms with Crippen LogP contribution in [0.5, 0.6) is 5.75 Å². The Morgan fingerprint density at radius 3 is 2.84 bits per heavy atom. The van der Waals surface area contributed by atoms with Crippen molar-refractivity contribution < 1.29 is 15.1 Å². The van der Waals surface area contributed by atoms with Crippen molar-refractivity contribution in [1.82, 2.24) is 10.4 Å². The van der Waals surface area contributed by atoms with E-state index in [-0.39, 0.29) is 5.75 Å². The standard InChI is InChI=1S/C18H14BrN5O/c19-14-7-8-16(25)13(11-14)12-22-24-18(15-5-1-3-9-20-15)23-17-6-2-4-10-21-17/h1-12,25H,(H,21,23,24)/p+2/b22-12+. The van der Waals surface area contributed by atoms with Gasteiger partial charge < -0.3 is 5.11 Å². The summed E-state index contributed by atoms with van der Waals surface area (Å²) in [5, 5.41) is 14.1. The first-order valence-electron chi connectivity index (χ1n) is 7.52. The van der Waals surface area contributed by atoms with Gasteiger partial charge in [0.2, 0.25) is 0 Å². The molecule has 0 amide bonds. The Labute approximate surface area is 153 Å². The Balaban J connectivity index is 1.87. The molecule has 0 unspecified atom stereocenters. The van der Waals surface area contributed by atoms with Crippen molar-refractivity contribution in [2.24, 2.45) is 5.10 Å². The number of halogens is 1. The van der Waals surface area contributed by atoms with E-state index in [0.29, 0.717) is 17.1 Å². The van der Waals surface area contributed by atoms with Crippen LogP contribution in [0.2, 0.25) is 0 Å². The van der Waals surface area contributed by atoms with Crippen molar-refractivity contribution in [3.8, 4) is 5.75 Å². The fraction of sp³-hybridized carbons (Fsp3) is 0. The zero-order valence-corrected chi connectivity index (χ0v) is 14.7. The number of hydrazone groups is 1. The second-order valence-electron chi connectivity index (χ2n) is 5.06. The van der Waals surface area contributed by atoms with Crippen LogP contribution in [0.4, 0.5) is 5.82 Å². The number of aromatic hydroxyl groups is 1. The van der Waals surface area contributed by atoms with E-state index in [1.807, 2.05) is 42.6 Å². The van der Waals surface area contributed by atoms with Crippen molar-refractivity contribution in [3.05, 3.63) is 82.7 Å². The maximum Gasteiger partial charge on any atom is 0.384 e. The number of H-pyrrole nitrogens is 1. The summed E-state index contributed by atoms with van der Waals surface area (Å²) in [5.41, 5.74) is 4.24. The van der Waals surface area contributed by atoms with E-state index >= 15 is 0 Å². The molecule has 0 aliphatic rings. The number of aromatic nitrogens is 2. The number of hydrogen-bond donors (Lipinski definition) is 3. The molecule has 25 heavy (non-hydrogen) atoms. The van der Waals surface area contributed by atoms with Gasteiger partial charge in [0.1, 0.15) is 11.9 Å². The van der Waals surface area contributed by atoms with Crippen LogP contribution in [-0.4, -0.2) is 22.1 Å². The molecule has 0 fully saturated rings. The second-order valence-corrected chi connectivity index (χ2v) is 5.98. The normalized spacial score (nSPS) is 11.6. The lowest BCUT2D eigenvalue weighted by molar-refractivity contribution is -0.517. The van der Waals surface area contributed by atoms with E-state index < -0.39 is 0 Å². The molecule has 1 aromatic carbocycles. The Morgan fingerprint density at radius 2 is 2.08 bits per heavy atom. The van der Waals surface area contributed by atoms with Gasteiger partial charge in [0.15, 0.2) is 5.69 Å². The predicted octanol–water partition coefficient (Wildman–Crippen LogP) is 1.15. The van der Waals surface area contributed by atoms with Gasteiger partial charge in [-0.15, -0.1) is 5.43 Å². The molecule has 4 N–H and O–H groups in total. The smallest absolute Gasteiger partial charge is 0.384 e. The largest absolute Gasteiger partial charge is 0.507 e. The van der Waals surface area contributed by atoms with Crippen molar-refractivity contribution in [2.75, 3.05) is 0 Å². The summed E-state index contributed by atoms with van der Waals surface area (Å²) < 4.78 is 0.859. The van der Waals surface area contributed by atoms with E-state index in [9.17, 15) is 5.11 Å². The first kappa shape index (κ1) is 16.8. The Morgan fingerprint density at radius 1 is 1.20 bits per heavy atom. The molecule has 124 valence electrons. The van der Waals surface area contributed by atoms with Gasteiger partial charge >= 0.3 is 11.7 Å². The third kappa shape index (κ3) is 4.71. The summed E-state index contributed by atoms with van der Waals surface area (Å²) in [6.07, 6.45) is 5.07. The maximum atomic E-state index is 9.87. The first-order valence-corrected chi connectivity index (χ1v) is 8.31. The molecule has 2 aromatic heterocycles. The molecular weight excluding hydrogens is 382 g/mol. The monoisotopic (exact) mass is 397 g/mol. The summed E-state index contributed by atoms with van der Waals surface area (Å²) in [7, 11) is 0. The summed E-state index contributed by atoms with van der Waals surface area (Å²) in [4.78, 5) is 10.6. The fourth-order valence-corrected chi connectivity index (χ4v) is 2.44. The zero-order chi connectivity index (χ0) is 17.5. The third-order valence-electron chi connectivity index (χ3n) is 3.26. The van der Waals surface area contributed by atoms with Gasteiger partial charge in [-0.25, -0.2) is 9.97 Å². The molecule has 0 atom stereocenters. The predicted molar refractivity (Wildman–Crippen MR) is 98.5 cm³/mol. The molecule has 3 aromatic rings. The number of benzene rings is 1. The van der Waals surface area contributed by atoms with E-state index in [1.54, 1.807) is 30.6 Å². The Bertz CT molecular complexity index is 898. The molecule has 2 heterocycles. The second kappa shape index (κ2) is 8.16. The highest BCUT2D eigenvalue weighted by molar-refractivity contribution is 9.10. The van der Waals surface area contributed by atoms with Crippen LogP contribution in [0.3, 0.4) is 0 Å². The molecule has 0 bridgehead atoms. The lowest BCUT2D eigenvalue weighted by Gasteiger charge is -1.98. The van der Waals surface area contributed by atoms with Crippen LogP contribution in [0, 0.1) is 0 Å². The van der Waals surface area contributed by atoms with Crippen molar-refractivity contribution >= 4 is 33.8 Å². The van der Waals surface area contributed by atoms with Crippen LogP contribution in [0.1, 0.15) is 11.3 Å². The molecule has 6 nitrogen and oxygen atoms in total. The lowest BCUT2D eigenvalue weighted by Crippen LogP contribution is -2.72. The summed E-state index contributed by atoms with van der Waals surface area (Å²) in [6.45, 7) is 0. The van der Waals surface area contributed by atoms with E-state index in [2.05, 4.69) is 41.4 Å². The van der Waals surface area contributed by atoms with Crippen LogP contribution < -0.4 is 15.4 Å². The van der Waals surface area contributed by atoms with Gasteiger partial charge in [-0.3, -0.25) is 0 Å². The third-order valence-corrected chi connectivity index (χ3v) is 3.75. The number of nitrogens with one attached hydrogen (secondary N) is 3. The molecule has 0 saturated carbocycles. The molecule has 3 rings (SSSR count). The zero-order valence-electron chi connectivity index (χ0n) is 13.1. The highest BCUT2D eigenvalue weighted by Crippen LogP contribution is 2.19. The van der Waals surface area contributed by atoms with E-state index in [0.717, 1.165) is 10.3 Å². The number of hydrogen-bond acceptors (Lipinski definition) is 3. The summed E-state index contributed by atoms with van der Waals surface area (Å²) in [6, 6.07) is 16.5. The average Bonchev–Trinajstić information content (AvgIpc) is 2.65. The highest BCUT2D eigenvalue weighted by Gasteiger charge is 2.15. The van der Waals surface area contributed by atoms with Gasteiger partial charge in [0.05, 0.1) is 6.21 Å².